The van der Waals surface area contributed by atoms with Crippen molar-refractivity contribution in [2.45, 2.75) is 19.8 Å². The summed E-state index contributed by atoms with van der Waals surface area (Å²) >= 11 is 6.18. The van der Waals surface area contributed by atoms with E-state index in [0.29, 0.717) is 6.54 Å². The predicted octanol–water partition coefficient (Wildman–Crippen LogP) is 2.72. The van der Waals surface area contributed by atoms with Crippen LogP contribution in [-0.4, -0.2) is 13.7 Å². The number of hydrogen-bond donors (Lipinski definition) is 1. The SMILES string of the molecule is COc1cc(C)c(Cl)c(C(C)CN)c1. The fourth-order valence-electron chi connectivity index (χ4n) is 1.37. The van der Waals surface area contributed by atoms with Gasteiger partial charge in [0, 0.05) is 5.02 Å². The van der Waals surface area contributed by atoms with Crippen LogP contribution in [0.5, 0.6) is 5.75 Å². The molecule has 0 saturated heterocycles. The molecule has 0 aliphatic heterocycles. The minimum atomic E-state index is 0.260. The predicted molar refractivity (Wildman–Crippen MR) is 60.2 cm³/mol. The van der Waals surface area contributed by atoms with Crippen molar-refractivity contribution in [1.29, 1.82) is 0 Å². The molecule has 2 nitrogen and oxygen atoms in total. The number of halogens is 1. The van der Waals surface area contributed by atoms with Crippen LogP contribution in [0.1, 0.15) is 24.0 Å². The molecule has 0 radical (unpaired) electrons. The lowest BCUT2D eigenvalue weighted by Gasteiger charge is -2.14. The second kappa shape index (κ2) is 4.67. The summed E-state index contributed by atoms with van der Waals surface area (Å²) in [6.45, 7) is 4.62. The molecule has 1 aromatic carbocycles. The Bertz CT molecular complexity index is 325. The van der Waals surface area contributed by atoms with Crippen LogP contribution in [0.15, 0.2) is 12.1 Å². The topological polar surface area (TPSA) is 35.2 Å². The van der Waals surface area contributed by atoms with Gasteiger partial charge in [-0.15, -0.1) is 0 Å². The van der Waals surface area contributed by atoms with Crippen LogP contribution in [0.2, 0.25) is 5.02 Å². The minimum absolute atomic E-state index is 0.260. The summed E-state index contributed by atoms with van der Waals surface area (Å²) in [4.78, 5) is 0. The molecule has 1 aromatic rings. The first-order valence-electron chi connectivity index (χ1n) is 4.64. The Hall–Kier alpha value is -0.730. The van der Waals surface area contributed by atoms with Crippen LogP contribution >= 0.6 is 11.6 Å². The Morgan fingerprint density at radius 2 is 2.14 bits per heavy atom. The van der Waals surface area contributed by atoms with Gasteiger partial charge in [0.25, 0.3) is 0 Å². The Labute approximate surface area is 90.0 Å². The molecule has 0 spiro atoms. The lowest BCUT2D eigenvalue weighted by Crippen LogP contribution is -2.09. The molecule has 0 aromatic heterocycles. The van der Waals surface area contributed by atoms with Crippen LogP contribution in [-0.2, 0) is 0 Å². The number of hydrogen-bond acceptors (Lipinski definition) is 2. The number of methoxy groups -OCH3 is 1. The standard InChI is InChI=1S/C11H16ClNO/c1-7-4-9(14-3)5-10(11(7)12)8(2)6-13/h4-5,8H,6,13H2,1-3H3. The van der Waals surface area contributed by atoms with E-state index in [-0.39, 0.29) is 5.92 Å². The summed E-state index contributed by atoms with van der Waals surface area (Å²) in [7, 11) is 1.65. The molecule has 14 heavy (non-hydrogen) atoms. The molecule has 0 saturated carbocycles. The van der Waals surface area contributed by atoms with Crippen molar-refractivity contribution in [2.75, 3.05) is 13.7 Å². The lowest BCUT2D eigenvalue weighted by molar-refractivity contribution is 0.413. The molecule has 0 bridgehead atoms. The minimum Gasteiger partial charge on any atom is -0.497 e. The monoisotopic (exact) mass is 213 g/mol. The highest BCUT2D eigenvalue weighted by molar-refractivity contribution is 6.32. The molecular formula is C11H16ClNO. The van der Waals surface area contributed by atoms with Gasteiger partial charge in [0.15, 0.2) is 0 Å². The van der Waals surface area contributed by atoms with Crippen LogP contribution in [0.25, 0.3) is 0 Å². The van der Waals surface area contributed by atoms with E-state index in [0.717, 1.165) is 21.9 Å². The summed E-state index contributed by atoms with van der Waals surface area (Å²) < 4.78 is 5.19. The fourth-order valence-corrected chi connectivity index (χ4v) is 1.66. The highest BCUT2D eigenvalue weighted by Gasteiger charge is 2.11. The zero-order valence-corrected chi connectivity index (χ0v) is 9.56. The van der Waals surface area contributed by atoms with Crippen LogP contribution in [0.4, 0.5) is 0 Å². The maximum absolute atomic E-state index is 6.18. The van der Waals surface area contributed by atoms with Gasteiger partial charge in [-0.3, -0.25) is 0 Å². The number of ether oxygens (including phenoxy) is 1. The van der Waals surface area contributed by atoms with E-state index in [4.69, 9.17) is 22.1 Å². The quantitative estimate of drug-likeness (QED) is 0.838. The molecule has 78 valence electrons. The third-order valence-electron chi connectivity index (χ3n) is 2.38. The van der Waals surface area contributed by atoms with E-state index in [1.54, 1.807) is 7.11 Å². The smallest absolute Gasteiger partial charge is 0.119 e. The van der Waals surface area contributed by atoms with Crippen LogP contribution in [0, 0.1) is 6.92 Å². The van der Waals surface area contributed by atoms with Crippen molar-refractivity contribution in [3.63, 3.8) is 0 Å². The summed E-state index contributed by atoms with van der Waals surface area (Å²) in [5.74, 6) is 1.10. The van der Waals surface area contributed by atoms with Crippen molar-refractivity contribution in [2.24, 2.45) is 5.73 Å². The maximum atomic E-state index is 6.18. The average Bonchev–Trinajstić information content (AvgIpc) is 2.20. The van der Waals surface area contributed by atoms with Gasteiger partial charge in [-0.25, -0.2) is 0 Å². The summed E-state index contributed by atoms with van der Waals surface area (Å²) in [6.07, 6.45) is 0. The highest BCUT2D eigenvalue weighted by atomic mass is 35.5. The number of benzene rings is 1. The largest absolute Gasteiger partial charge is 0.497 e. The zero-order chi connectivity index (χ0) is 10.7. The van der Waals surface area contributed by atoms with Crippen molar-refractivity contribution in [3.8, 4) is 5.75 Å². The fraction of sp³-hybridized carbons (Fsp3) is 0.455. The summed E-state index contributed by atoms with van der Waals surface area (Å²) in [6, 6.07) is 3.88. The van der Waals surface area contributed by atoms with E-state index in [1.807, 2.05) is 19.1 Å². The van der Waals surface area contributed by atoms with Gasteiger partial charge in [0.1, 0.15) is 5.75 Å². The Kier molecular flexibility index (Phi) is 3.78. The molecule has 3 heteroatoms. The third-order valence-corrected chi connectivity index (χ3v) is 2.89. The molecule has 0 heterocycles. The van der Waals surface area contributed by atoms with Gasteiger partial charge < -0.3 is 10.5 Å². The Balaban J connectivity index is 3.20. The Morgan fingerprint density at radius 3 is 2.64 bits per heavy atom. The van der Waals surface area contributed by atoms with Gasteiger partial charge in [0.05, 0.1) is 7.11 Å². The average molecular weight is 214 g/mol. The van der Waals surface area contributed by atoms with Crippen molar-refractivity contribution < 1.29 is 4.74 Å². The first-order valence-corrected chi connectivity index (χ1v) is 5.02. The molecule has 1 atom stereocenters. The zero-order valence-electron chi connectivity index (χ0n) is 8.80. The number of aryl methyl sites for hydroxylation is 1. The van der Waals surface area contributed by atoms with Gasteiger partial charge in [-0.05, 0) is 42.6 Å². The Morgan fingerprint density at radius 1 is 1.50 bits per heavy atom. The first-order chi connectivity index (χ1) is 6.60. The first kappa shape index (κ1) is 11.3. The van der Waals surface area contributed by atoms with E-state index in [9.17, 15) is 0 Å². The van der Waals surface area contributed by atoms with E-state index < -0.39 is 0 Å². The van der Waals surface area contributed by atoms with E-state index in [2.05, 4.69) is 6.92 Å². The third kappa shape index (κ3) is 2.20. The molecule has 0 fully saturated rings. The lowest BCUT2D eigenvalue weighted by atomic mass is 9.99. The second-order valence-electron chi connectivity index (χ2n) is 3.48. The van der Waals surface area contributed by atoms with Crippen molar-refractivity contribution >= 4 is 11.6 Å². The summed E-state index contributed by atoms with van der Waals surface area (Å²) in [5.41, 5.74) is 7.71. The molecule has 0 amide bonds. The molecular weight excluding hydrogens is 198 g/mol. The van der Waals surface area contributed by atoms with Gasteiger partial charge in [-0.2, -0.15) is 0 Å². The summed E-state index contributed by atoms with van der Waals surface area (Å²) in [5, 5.41) is 0.795. The number of rotatable bonds is 3. The maximum Gasteiger partial charge on any atom is 0.119 e. The normalized spacial score (nSPS) is 12.6. The van der Waals surface area contributed by atoms with Gasteiger partial charge in [-0.1, -0.05) is 18.5 Å². The molecule has 2 N–H and O–H groups in total. The molecule has 0 aliphatic carbocycles. The van der Waals surface area contributed by atoms with Crippen molar-refractivity contribution in [3.05, 3.63) is 28.3 Å². The van der Waals surface area contributed by atoms with E-state index in [1.165, 1.54) is 0 Å². The highest BCUT2D eigenvalue weighted by Crippen LogP contribution is 2.31. The second-order valence-corrected chi connectivity index (χ2v) is 3.86. The molecule has 0 aliphatic rings. The van der Waals surface area contributed by atoms with Gasteiger partial charge in [0.2, 0.25) is 0 Å². The van der Waals surface area contributed by atoms with Crippen molar-refractivity contribution in [1.82, 2.24) is 0 Å². The molecule has 1 unspecified atom stereocenters. The number of nitrogens with two attached hydrogens (primary N) is 1. The van der Waals surface area contributed by atoms with Gasteiger partial charge >= 0.3 is 0 Å². The molecule has 1 rings (SSSR count). The van der Waals surface area contributed by atoms with E-state index >= 15 is 0 Å². The van der Waals surface area contributed by atoms with Crippen LogP contribution in [0.3, 0.4) is 0 Å². The van der Waals surface area contributed by atoms with Crippen LogP contribution < -0.4 is 10.5 Å².